The minimum atomic E-state index is 0.463. The van der Waals surface area contributed by atoms with Gasteiger partial charge < -0.3 is 10.1 Å². The number of hydrogen-bond donors (Lipinski definition) is 1. The fraction of sp³-hybridized carbons (Fsp3) is 0.375. The number of nitrogens with one attached hydrogen (secondary N) is 1. The van der Waals surface area contributed by atoms with Crippen LogP contribution < -0.4 is 5.32 Å². The lowest BCUT2D eigenvalue weighted by molar-refractivity contribution is 0.199. The summed E-state index contributed by atoms with van der Waals surface area (Å²) in [5.74, 6) is 0.463. The standard InChI is InChI=1S/C16H19Br2NOS/c1-20-8-7-19-11-13(10-16-15(18)6-9-21-16)12-2-4-14(17)5-3-12/h2-6,9,13,19H,7-8,10-11H2,1H3. The van der Waals surface area contributed by atoms with E-state index in [2.05, 4.69) is 72.9 Å². The minimum Gasteiger partial charge on any atom is -0.383 e. The van der Waals surface area contributed by atoms with Gasteiger partial charge in [0.05, 0.1) is 6.61 Å². The number of benzene rings is 1. The summed E-state index contributed by atoms with van der Waals surface area (Å²) in [6.45, 7) is 2.58. The predicted octanol–water partition coefficient (Wildman–Crippen LogP) is 4.84. The quantitative estimate of drug-likeness (QED) is 0.602. The van der Waals surface area contributed by atoms with Crippen LogP contribution in [0.4, 0.5) is 0 Å². The first-order valence-corrected chi connectivity index (χ1v) is 9.34. The second-order valence-corrected chi connectivity index (χ2v) is 7.61. The van der Waals surface area contributed by atoms with Gasteiger partial charge in [0.2, 0.25) is 0 Å². The van der Waals surface area contributed by atoms with E-state index in [1.807, 2.05) is 11.3 Å². The van der Waals surface area contributed by atoms with Gasteiger partial charge in [-0.1, -0.05) is 28.1 Å². The maximum atomic E-state index is 5.10. The van der Waals surface area contributed by atoms with Crippen molar-refractivity contribution in [2.75, 3.05) is 26.8 Å². The number of halogens is 2. The summed E-state index contributed by atoms with van der Waals surface area (Å²) < 4.78 is 7.43. The molecule has 21 heavy (non-hydrogen) atoms. The zero-order valence-electron chi connectivity index (χ0n) is 11.9. The molecule has 1 N–H and O–H groups in total. The molecule has 0 saturated heterocycles. The van der Waals surface area contributed by atoms with E-state index in [1.54, 1.807) is 7.11 Å². The van der Waals surface area contributed by atoms with Gasteiger partial charge in [0.1, 0.15) is 0 Å². The third-order valence-electron chi connectivity index (χ3n) is 3.34. The summed E-state index contributed by atoms with van der Waals surface area (Å²) in [4.78, 5) is 1.40. The van der Waals surface area contributed by atoms with Crippen LogP contribution in [0.5, 0.6) is 0 Å². The molecule has 1 aromatic carbocycles. The van der Waals surface area contributed by atoms with Crippen molar-refractivity contribution in [2.24, 2.45) is 0 Å². The molecule has 0 saturated carbocycles. The first-order valence-electron chi connectivity index (χ1n) is 6.87. The molecule has 0 bridgehead atoms. The Morgan fingerprint density at radius 3 is 2.57 bits per heavy atom. The summed E-state index contributed by atoms with van der Waals surface area (Å²) >= 11 is 8.95. The van der Waals surface area contributed by atoms with Crippen LogP contribution in [0, 0.1) is 0 Å². The van der Waals surface area contributed by atoms with E-state index in [-0.39, 0.29) is 0 Å². The number of thiophene rings is 1. The van der Waals surface area contributed by atoms with Crippen molar-refractivity contribution in [1.82, 2.24) is 5.32 Å². The Kier molecular flexibility index (Phi) is 7.40. The predicted molar refractivity (Wildman–Crippen MR) is 97.4 cm³/mol. The zero-order valence-corrected chi connectivity index (χ0v) is 15.9. The van der Waals surface area contributed by atoms with Gasteiger partial charge in [0.25, 0.3) is 0 Å². The van der Waals surface area contributed by atoms with Crippen molar-refractivity contribution in [3.05, 3.63) is 55.1 Å². The average Bonchev–Trinajstić information content (AvgIpc) is 2.88. The molecule has 0 aliphatic carbocycles. The maximum Gasteiger partial charge on any atom is 0.0587 e. The molecule has 1 unspecified atom stereocenters. The number of ether oxygens (including phenoxy) is 1. The number of methoxy groups -OCH3 is 1. The highest BCUT2D eigenvalue weighted by Crippen LogP contribution is 2.29. The lowest BCUT2D eigenvalue weighted by Crippen LogP contribution is -2.26. The van der Waals surface area contributed by atoms with Gasteiger partial charge in [-0.2, -0.15) is 0 Å². The van der Waals surface area contributed by atoms with E-state index in [0.717, 1.165) is 30.6 Å². The molecule has 0 amide bonds. The van der Waals surface area contributed by atoms with Crippen molar-refractivity contribution in [2.45, 2.75) is 12.3 Å². The Morgan fingerprint density at radius 1 is 1.19 bits per heavy atom. The highest BCUT2D eigenvalue weighted by molar-refractivity contribution is 9.10. The Labute approximate surface area is 147 Å². The van der Waals surface area contributed by atoms with E-state index in [4.69, 9.17) is 4.74 Å². The fourth-order valence-electron chi connectivity index (χ4n) is 2.19. The van der Waals surface area contributed by atoms with E-state index in [1.165, 1.54) is 14.9 Å². The SMILES string of the molecule is COCCNCC(Cc1sccc1Br)c1ccc(Br)cc1. The van der Waals surface area contributed by atoms with Gasteiger partial charge in [-0.05, 0) is 51.5 Å². The average molecular weight is 433 g/mol. The van der Waals surface area contributed by atoms with Gasteiger partial charge in [0, 0.05) is 39.9 Å². The first-order chi connectivity index (χ1) is 10.2. The molecule has 1 heterocycles. The molecule has 114 valence electrons. The summed E-state index contributed by atoms with van der Waals surface area (Å²) in [6.07, 6.45) is 1.04. The van der Waals surface area contributed by atoms with Crippen molar-refractivity contribution >= 4 is 43.2 Å². The largest absolute Gasteiger partial charge is 0.383 e. The van der Waals surface area contributed by atoms with Crippen molar-refractivity contribution in [3.8, 4) is 0 Å². The number of rotatable bonds is 8. The number of hydrogen-bond acceptors (Lipinski definition) is 3. The van der Waals surface area contributed by atoms with Crippen LogP contribution in [0.25, 0.3) is 0 Å². The van der Waals surface area contributed by atoms with Gasteiger partial charge in [-0.15, -0.1) is 11.3 Å². The first kappa shape index (κ1) is 17.2. The van der Waals surface area contributed by atoms with E-state index >= 15 is 0 Å². The smallest absolute Gasteiger partial charge is 0.0587 e. The molecular formula is C16H19Br2NOS. The topological polar surface area (TPSA) is 21.3 Å². The van der Waals surface area contributed by atoms with Gasteiger partial charge in [-0.25, -0.2) is 0 Å². The van der Waals surface area contributed by atoms with Gasteiger partial charge in [0.15, 0.2) is 0 Å². The molecule has 2 rings (SSSR count). The van der Waals surface area contributed by atoms with Gasteiger partial charge in [-0.3, -0.25) is 0 Å². The molecule has 0 aliphatic heterocycles. The van der Waals surface area contributed by atoms with Crippen LogP contribution in [-0.2, 0) is 11.2 Å². The molecule has 5 heteroatoms. The van der Waals surface area contributed by atoms with E-state index < -0.39 is 0 Å². The van der Waals surface area contributed by atoms with E-state index in [0.29, 0.717) is 5.92 Å². The Morgan fingerprint density at radius 2 is 1.95 bits per heavy atom. The Bertz CT molecular complexity index is 541. The molecule has 2 aromatic rings. The molecule has 0 radical (unpaired) electrons. The summed E-state index contributed by atoms with van der Waals surface area (Å²) in [6, 6.07) is 10.8. The normalized spacial score (nSPS) is 12.5. The molecule has 0 aliphatic rings. The summed E-state index contributed by atoms with van der Waals surface area (Å²) in [5.41, 5.74) is 1.36. The summed E-state index contributed by atoms with van der Waals surface area (Å²) in [5, 5.41) is 5.62. The van der Waals surface area contributed by atoms with Crippen LogP contribution in [0.3, 0.4) is 0 Å². The highest BCUT2D eigenvalue weighted by atomic mass is 79.9. The highest BCUT2D eigenvalue weighted by Gasteiger charge is 2.14. The second-order valence-electron chi connectivity index (χ2n) is 4.84. The molecule has 0 spiro atoms. The molecule has 0 fully saturated rings. The zero-order chi connectivity index (χ0) is 15.1. The third-order valence-corrected chi connectivity index (χ3v) is 5.82. The Hall–Kier alpha value is -0.200. The van der Waals surface area contributed by atoms with Crippen LogP contribution in [0.2, 0.25) is 0 Å². The van der Waals surface area contributed by atoms with E-state index in [9.17, 15) is 0 Å². The third kappa shape index (κ3) is 5.49. The fourth-order valence-corrected chi connectivity index (χ4v) is 4.05. The van der Waals surface area contributed by atoms with Crippen LogP contribution in [0.1, 0.15) is 16.4 Å². The maximum absolute atomic E-state index is 5.10. The van der Waals surface area contributed by atoms with Gasteiger partial charge >= 0.3 is 0 Å². The van der Waals surface area contributed by atoms with Crippen molar-refractivity contribution < 1.29 is 4.74 Å². The van der Waals surface area contributed by atoms with Crippen molar-refractivity contribution in [1.29, 1.82) is 0 Å². The molecule has 2 nitrogen and oxygen atoms in total. The second kappa shape index (κ2) is 9.06. The Balaban J connectivity index is 2.06. The minimum absolute atomic E-state index is 0.463. The lowest BCUT2D eigenvalue weighted by Gasteiger charge is -2.18. The van der Waals surface area contributed by atoms with Crippen LogP contribution in [-0.4, -0.2) is 26.8 Å². The molecular weight excluding hydrogens is 414 g/mol. The van der Waals surface area contributed by atoms with Crippen LogP contribution >= 0.6 is 43.2 Å². The van der Waals surface area contributed by atoms with Crippen LogP contribution in [0.15, 0.2) is 44.7 Å². The monoisotopic (exact) mass is 431 g/mol. The summed E-state index contributed by atoms with van der Waals surface area (Å²) in [7, 11) is 1.73. The molecule has 1 aromatic heterocycles. The van der Waals surface area contributed by atoms with Crippen molar-refractivity contribution in [3.63, 3.8) is 0 Å². The lowest BCUT2D eigenvalue weighted by atomic mass is 9.95. The molecule has 1 atom stereocenters.